The van der Waals surface area contributed by atoms with Crippen LogP contribution in [0, 0.1) is 0 Å². The molecule has 0 aliphatic carbocycles. The Morgan fingerprint density at radius 1 is 0.842 bits per heavy atom. The van der Waals surface area contributed by atoms with Crippen LogP contribution in [0.15, 0.2) is 108 Å². The summed E-state index contributed by atoms with van der Waals surface area (Å²) in [7, 11) is -1.96. The quantitative estimate of drug-likeness (QED) is 0.177. The first-order valence-corrected chi connectivity index (χ1v) is 14.6. The van der Waals surface area contributed by atoms with Crippen molar-refractivity contribution in [3.05, 3.63) is 114 Å². The van der Waals surface area contributed by atoms with Crippen LogP contribution in [0.2, 0.25) is 0 Å². The van der Waals surface area contributed by atoms with Gasteiger partial charge in [0.25, 0.3) is 10.1 Å². The van der Waals surface area contributed by atoms with E-state index >= 15 is 0 Å². The van der Waals surface area contributed by atoms with E-state index in [-0.39, 0.29) is 22.8 Å². The number of ketones is 1. The van der Waals surface area contributed by atoms with E-state index in [0.717, 1.165) is 41.2 Å². The first kappa shape index (κ1) is 26.3. The lowest BCUT2D eigenvalue weighted by Gasteiger charge is -2.40. The fraction of sp³-hybridized carbons (Fsp3) is 0.281. The van der Waals surface area contributed by atoms with E-state index in [1.54, 1.807) is 12.1 Å². The van der Waals surface area contributed by atoms with Gasteiger partial charge in [0.1, 0.15) is 6.10 Å². The Hall–Kier alpha value is -3.32. The Morgan fingerprint density at radius 2 is 1.47 bits per heavy atom. The first-order chi connectivity index (χ1) is 18.4. The number of carbonyl (C=O) groups is 1. The molecule has 0 aromatic heterocycles. The molecule has 5 rings (SSSR count). The van der Waals surface area contributed by atoms with Crippen molar-refractivity contribution in [1.82, 2.24) is 4.90 Å². The molecule has 4 aromatic rings. The van der Waals surface area contributed by atoms with Crippen molar-refractivity contribution in [3.63, 3.8) is 0 Å². The molecule has 6 heteroatoms. The van der Waals surface area contributed by atoms with Gasteiger partial charge in [0.15, 0.2) is 5.78 Å². The minimum absolute atomic E-state index is 0.0920. The number of benzene rings is 4. The van der Waals surface area contributed by atoms with Gasteiger partial charge in [0, 0.05) is 24.1 Å². The fourth-order valence-electron chi connectivity index (χ4n) is 5.46. The molecule has 0 N–H and O–H groups in total. The number of likely N-dealkylation sites (tertiary alicyclic amines) is 1. The topological polar surface area (TPSA) is 63.7 Å². The second-order valence-electron chi connectivity index (χ2n) is 10.1. The van der Waals surface area contributed by atoms with Crippen LogP contribution >= 0.6 is 0 Å². The Bertz CT molecular complexity index is 1490. The number of hydrogen-bond acceptors (Lipinski definition) is 5. The van der Waals surface area contributed by atoms with Gasteiger partial charge in [-0.15, -0.1) is 0 Å². The first-order valence-electron chi connectivity index (χ1n) is 13.2. The molecule has 1 aliphatic rings. The highest BCUT2D eigenvalue weighted by molar-refractivity contribution is 7.86. The van der Waals surface area contributed by atoms with E-state index in [9.17, 15) is 13.2 Å². The predicted molar refractivity (Wildman–Crippen MR) is 151 cm³/mol. The normalized spacial score (nSPS) is 19.3. The highest BCUT2D eigenvalue weighted by atomic mass is 32.2. The van der Waals surface area contributed by atoms with Crippen molar-refractivity contribution in [2.24, 2.45) is 0 Å². The summed E-state index contributed by atoms with van der Waals surface area (Å²) in [6, 6.07) is 31.9. The van der Waals surface area contributed by atoms with Crippen LogP contribution in [0.4, 0.5) is 0 Å². The maximum absolute atomic E-state index is 13.5. The van der Waals surface area contributed by atoms with Gasteiger partial charge in [-0.05, 0) is 54.8 Å². The van der Waals surface area contributed by atoms with Gasteiger partial charge >= 0.3 is 0 Å². The highest BCUT2D eigenvalue weighted by Gasteiger charge is 2.33. The van der Waals surface area contributed by atoms with Gasteiger partial charge in [-0.2, -0.15) is 8.42 Å². The molecule has 0 spiro atoms. The van der Waals surface area contributed by atoms with E-state index in [0.29, 0.717) is 12.8 Å². The van der Waals surface area contributed by atoms with Crippen LogP contribution in [0.3, 0.4) is 0 Å². The molecular weight excluding hydrogens is 494 g/mol. The average Bonchev–Trinajstić information content (AvgIpc) is 2.95. The van der Waals surface area contributed by atoms with E-state index in [1.807, 2.05) is 98.0 Å². The summed E-state index contributed by atoms with van der Waals surface area (Å²) in [6.07, 6.45) is 3.18. The van der Waals surface area contributed by atoms with Crippen molar-refractivity contribution >= 4 is 26.7 Å². The summed E-state index contributed by atoms with van der Waals surface area (Å²) in [5, 5.41) is 1.83. The molecule has 1 saturated heterocycles. The van der Waals surface area contributed by atoms with Gasteiger partial charge in [-0.25, -0.2) is 0 Å². The lowest BCUT2D eigenvalue weighted by atomic mass is 9.88. The van der Waals surface area contributed by atoms with E-state index in [4.69, 9.17) is 4.18 Å². The molecule has 0 radical (unpaired) electrons. The minimum atomic E-state index is -4.01. The molecule has 0 unspecified atom stereocenters. The fourth-order valence-corrected chi connectivity index (χ4v) is 6.57. The third kappa shape index (κ3) is 6.04. The third-order valence-electron chi connectivity index (χ3n) is 7.65. The smallest absolute Gasteiger partial charge is 0.297 e. The standard InChI is InChI=1S/C32H33NO4S/c1-33-28(22-31(34)25-12-4-2-5-13-25)17-10-18-29(33)23-32(26-14-6-3-7-15-26)37-38(35,36)30-20-19-24-11-8-9-16-27(24)21-30/h2-9,11-16,19-21,28-29,32H,10,17-18,22-23H2,1H3/t28-,29+,32+/m1/s1. The molecule has 38 heavy (non-hydrogen) atoms. The molecule has 5 nitrogen and oxygen atoms in total. The molecule has 4 aromatic carbocycles. The van der Waals surface area contributed by atoms with Crippen molar-refractivity contribution in [2.45, 2.75) is 55.2 Å². The minimum Gasteiger partial charge on any atom is -0.300 e. The molecule has 1 aliphatic heterocycles. The van der Waals surface area contributed by atoms with Gasteiger partial charge in [0.05, 0.1) is 4.90 Å². The van der Waals surface area contributed by atoms with Crippen molar-refractivity contribution in [1.29, 1.82) is 0 Å². The summed E-state index contributed by atoms with van der Waals surface area (Å²) in [5.74, 6) is 0.137. The zero-order valence-electron chi connectivity index (χ0n) is 21.6. The van der Waals surface area contributed by atoms with Crippen LogP contribution in [0.25, 0.3) is 10.8 Å². The monoisotopic (exact) mass is 527 g/mol. The van der Waals surface area contributed by atoms with Gasteiger partial charge in [-0.3, -0.25) is 13.9 Å². The van der Waals surface area contributed by atoms with Gasteiger partial charge < -0.3 is 0 Å². The molecule has 1 fully saturated rings. The lowest BCUT2D eigenvalue weighted by molar-refractivity contribution is 0.0626. The van der Waals surface area contributed by atoms with E-state index in [1.165, 1.54) is 0 Å². The number of carbonyl (C=O) groups excluding carboxylic acids is 1. The number of hydrogen-bond donors (Lipinski definition) is 0. The van der Waals surface area contributed by atoms with Crippen LogP contribution in [-0.4, -0.2) is 38.2 Å². The summed E-state index contributed by atoms with van der Waals surface area (Å²) in [6.45, 7) is 0. The summed E-state index contributed by atoms with van der Waals surface area (Å²) >= 11 is 0. The van der Waals surface area contributed by atoms with E-state index in [2.05, 4.69) is 4.90 Å². The zero-order chi connectivity index (χ0) is 26.5. The highest BCUT2D eigenvalue weighted by Crippen LogP contribution is 2.34. The molecule has 196 valence electrons. The molecule has 3 atom stereocenters. The largest absolute Gasteiger partial charge is 0.300 e. The van der Waals surface area contributed by atoms with Crippen molar-refractivity contribution < 1.29 is 17.4 Å². The van der Waals surface area contributed by atoms with Crippen LogP contribution in [0.5, 0.6) is 0 Å². The van der Waals surface area contributed by atoms with Crippen LogP contribution in [-0.2, 0) is 14.3 Å². The Kier molecular flexibility index (Phi) is 8.03. The van der Waals surface area contributed by atoms with Gasteiger partial charge in [-0.1, -0.05) is 97.4 Å². The Morgan fingerprint density at radius 3 is 2.21 bits per heavy atom. The maximum Gasteiger partial charge on any atom is 0.297 e. The van der Waals surface area contributed by atoms with E-state index < -0.39 is 16.2 Å². The second-order valence-corrected chi connectivity index (χ2v) is 11.7. The lowest BCUT2D eigenvalue weighted by Crippen LogP contribution is -2.45. The molecule has 0 bridgehead atoms. The third-order valence-corrected chi connectivity index (χ3v) is 8.97. The summed E-state index contributed by atoms with van der Waals surface area (Å²) in [5.41, 5.74) is 1.56. The maximum atomic E-state index is 13.5. The zero-order valence-corrected chi connectivity index (χ0v) is 22.4. The van der Waals surface area contributed by atoms with Gasteiger partial charge in [0.2, 0.25) is 0 Å². The SMILES string of the molecule is CN1[C@@H](CC(=O)c2ccccc2)CCC[C@H]1C[C@H](OS(=O)(=O)c1ccc2ccccc2c1)c1ccccc1. The Labute approximate surface area is 225 Å². The molecule has 1 heterocycles. The number of fused-ring (bicyclic) bond motifs is 1. The second kappa shape index (κ2) is 11.6. The summed E-state index contributed by atoms with van der Waals surface area (Å²) < 4.78 is 32.9. The summed E-state index contributed by atoms with van der Waals surface area (Å²) in [4.78, 5) is 15.3. The van der Waals surface area contributed by atoms with Crippen LogP contribution in [0.1, 0.15) is 54.1 Å². The molecule has 0 saturated carbocycles. The van der Waals surface area contributed by atoms with Crippen molar-refractivity contribution in [2.75, 3.05) is 7.05 Å². The number of Topliss-reactive ketones (excluding diaryl/α,β-unsaturated/α-hetero) is 1. The Balaban J connectivity index is 1.35. The average molecular weight is 528 g/mol. The predicted octanol–water partition coefficient (Wildman–Crippen LogP) is 6.80. The number of nitrogens with zero attached hydrogens (tertiary/aromatic N) is 1. The molecule has 0 amide bonds. The van der Waals surface area contributed by atoms with Crippen LogP contribution < -0.4 is 0 Å². The molecular formula is C32H33NO4S. The number of piperidine rings is 1. The van der Waals surface area contributed by atoms with Crippen molar-refractivity contribution in [3.8, 4) is 0 Å². The number of rotatable bonds is 9.